The third-order valence-electron chi connectivity index (χ3n) is 1.47. The molecule has 12 heavy (non-hydrogen) atoms. The monoisotopic (exact) mass is 186 g/mol. The standard InChI is InChI=1S/C8H7ClO3/c9-6-1-2-7(8(11)12)5(3-6)4-10/h1-3,10H,4H2,(H,11,12). The van der Waals surface area contributed by atoms with Crippen molar-refractivity contribution in [3.8, 4) is 0 Å². The number of carboxylic acids is 1. The molecule has 0 heterocycles. The number of aromatic carboxylic acids is 1. The van der Waals surface area contributed by atoms with Crippen LogP contribution in [0, 0.1) is 0 Å². The van der Waals surface area contributed by atoms with Crippen LogP contribution in [0.15, 0.2) is 18.2 Å². The van der Waals surface area contributed by atoms with Crippen LogP contribution in [-0.2, 0) is 6.61 Å². The van der Waals surface area contributed by atoms with Gasteiger partial charge in [0.05, 0.1) is 12.2 Å². The summed E-state index contributed by atoms with van der Waals surface area (Å²) in [6.07, 6.45) is 0. The Balaban J connectivity index is 3.20. The van der Waals surface area contributed by atoms with Gasteiger partial charge < -0.3 is 10.2 Å². The molecule has 0 spiro atoms. The van der Waals surface area contributed by atoms with E-state index in [2.05, 4.69) is 0 Å². The molecule has 0 saturated carbocycles. The van der Waals surface area contributed by atoms with E-state index in [9.17, 15) is 4.79 Å². The number of carboxylic acid groups (broad SMARTS) is 1. The van der Waals surface area contributed by atoms with Crippen LogP contribution in [0.3, 0.4) is 0 Å². The highest BCUT2D eigenvalue weighted by atomic mass is 35.5. The molecule has 0 atom stereocenters. The molecule has 0 bridgehead atoms. The van der Waals surface area contributed by atoms with E-state index in [1.54, 1.807) is 0 Å². The molecule has 64 valence electrons. The van der Waals surface area contributed by atoms with E-state index in [0.717, 1.165) is 0 Å². The molecule has 3 nitrogen and oxygen atoms in total. The van der Waals surface area contributed by atoms with E-state index >= 15 is 0 Å². The number of rotatable bonds is 2. The molecule has 1 aromatic rings. The highest BCUT2D eigenvalue weighted by Gasteiger charge is 2.08. The van der Waals surface area contributed by atoms with Crippen molar-refractivity contribution in [2.24, 2.45) is 0 Å². The van der Waals surface area contributed by atoms with Crippen LogP contribution in [0.1, 0.15) is 15.9 Å². The lowest BCUT2D eigenvalue weighted by molar-refractivity contribution is 0.0693. The van der Waals surface area contributed by atoms with Crippen molar-refractivity contribution < 1.29 is 15.0 Å². The van der Waals surface area contributed by atoms with Crippen LogP contribution in [0.25, 0.3) is 0 Å². The van der Waals surface area contributed by atoms with Gasteiger partial charge in [-0.3, -0.25) is 0 Å². The Hall–Kier alpha value is -1.06. The second-order valence-electron chi connectivity index (χ2n) is 2.26. The Bertz CT molecular complexity index is 309. The zero-order chi connectivity index (χ0) is 9.14. The van der Waals surface area contributed by atoms with Gasteiger partial charge in [-0.05, 0) is 23.8 Å². The normalized spacial score (nSPS) is 9.83. The van der Waals surface area contributed by atoms with Crippen molar-refractivity contribution in [3.63, 3.8) is 0 Å². The van der Waals surface area contributed by atoms with Crippen molar-refractivity contribution in [3.05, 3.63) is 34.3 Å². The predicted molar refractivity (Wildman–Crippen MR) is 44.3 cm³/mol. The topological polar surface area (TPSA) is 57.5 Å². The average molecular weight is 187 g/mol. The minimum Gasteiger partial charge on any atom is -0.478 e. The number of aliphatic hydroxyl groups excluding tert-OH is 1. The van der Waals surface area contributed by atoms with Gasteiger partial charge in [0.2, 0.25) is 0 Å². The van der Waals surface area contributed by atoms with E-state index in [1.165, 1.54) is 18.2 Å². The number of hydrogen-bond donors (Lipinski definition) is 2. The average Bonchev–Trinajstić information content (AvgIpc) is 2.03. The van der Waals surface area contributed by atoms with E-state index in [0.29, 0.717) is 10.6 Å². The maximum absolute atomic E-state index is 10.5. The third-order valence-corrected chi connectivity index (χ3v) is 1.70. The number of carbonyl (C=O) groups is 1. The molecule has 4 heteroatoms. The zero-order valence-corrected chi connectivity index (χ0v) is 6.88. The summed E-state index contributed by atoms with van der Waals surface area (Å²) >= 11 is 5.60. The van der Waals surface area contributed by atoms with Crippen molar-refractivity contribution in [2.75, 3.05) is 0 Å². The van der Waals surface area contributed by atoms with Gasteiger partial charge in [0, 0.05) is 5.02 Å². The molecule has 0 saturated heterocycles. The predicted octanol–water partition coefficient (Wildman–Crippen LogP) is 1.53. The number of hydrogen-bond acceptors (Lipinski definition) is 2. The van der Waals surface area contributed by atoms with E-state index in [4.69, 9.17) is 21.8 Å². The van der Waals surface area contributed by atoms with Gasteiger partial charge in [-0.15, -0.1) is 0 Å². The largest absolute Gasteiger partial charge is 0.478 e. The summed E-state index contributed by atoms with van der Waals surface area (Å²) in [7, 11) is 0. The van der Waals surface area contributed by atoms with E-state index < -0.39 is 5.97 Å². The molecule has 0 fully saturated rings. The Morgan fingerprint density at radius 1 is 1.50 bits per heavy atom. The molecule has 2 N–H and O–H groups in total. The van der Waals surface area contributed by atoms with Crippen molar-refractivity contribution >= 4 is 17.6 Å². The van der Waals surface area contributed by atoms with E-state index in [-0.39, 0.29) is 12.2 Å². The zero-order valence-electron chi connectivity index (χ0n) is 6.12. The highest BCUT2D eigenvalue weighted by Crippen LogP contribution is 2.15. The molecule has 0 unspecified atom stereocenters. The Morgan fingerprint density at radius 3 is 2.67 bits per heavy atom. The first-order chi connectivity index (χ1) is 5.65. The molecule has 0 amide bonds. The molecule has 0 aliphatic carbocycles. The minimum absolute atomic E-state index is 0.0851. The molecular formula is C8H7ClO3. The van der Waals surface area contributed by atoms with E-state index in [1.807, 2.05) is 0 Å². The summed E-state index contributed by atoms with van der Waals surface area (Å²) in [4.78, 5) is 10.5. The summed E-state index contributed by atoms with van der Waals surface area (Å²) in [5.41, 5.74) is 0.414. The number of aliphatic hydroxyl groups is 1. The first-order valence-electron chi connectivity index (χ1n) is 3.27. The van der Waals surface area contributed by atoms with Gasteiger partial charge in [-0.1, -0.05) is 11.6 Å². The number of halogens is 1. The number of benzene rings is 1. The second kappa shape index (κ2) is 3.56. The van der Waals surface area contributed by atoms with Gasteiger partial charge in [0.25, 0.3) is 0 Å². The van der Waals surface area contributed by atoms with Gasteiger partial charge in [0.1, 0.15) is 0 Å². The first kappa shape index (κ1) is 9.03. The molecule has 1 aromatic carbocycles. The van der Waals surface area contributed by atoms with Crippen LogP contribution in [0.5, 0.6) is 0 Å². The SMILES string of the molecule is O=C(O)c1ccc(Cl)cc1CO. The summed E-state index contributed by atoms with van der Waals surface area (Å²) in [5.74, 6) is -1.06. The fourth-order valence-electron chi connectivity index (χ4n) is 0.902. The van der Waals surface area contributed by atoms with Crippen LogP contribution < -0.4 is 0 Å². The summed E-state index contributed by atoms with van der Waals surface area (Å²) in [6.45, 7) is -0.317. The third kappa shape index (κ3) is 1.75. The smallest absolute Gasteiger partial charge is 0.336 e. The Kier molecular flexibility index (Phi) is 2.68. The van der Waals surface area contributed by atoms with Crippen molar-refractivity contribution in [2.45, 2.75) is 6.61 Å². The fourth-order valence-corrected chi connectivity index (χ4v) is 1.10. The van der Waals surface area contributed by atoms with Gasteiger partial charge in [0.15, 0.2) is 0 Å². The Morgan fingerprint density at radius 2 is 2.17 bits per heavy atom. The van der Waals surface area contributed by atoms with Crippen LogP contribution in [0.4, 0.5) is 0 Å². The molecule has 1 rings (SSSR count). The summed E-state index contributed by atoms with van der Waals surface area (Å²) < 4.78 is 0. The van der Waals surface area contributed by atoms with Crippen molar-refractivity contribution in [1.29, 1.82) is 0 Å². The minimum atomic E-state index is -1.06. The lowest BCUT2D eigenvalue weighted by Gasteiger charge is -2.01. The first-order valence-corrected chi connectivity index (χ1v) is 3.65. The molecule has 0 aromatic heterocycles. The lowest BCUT2D eigenvalue weighted by atomic mass is 10.1. The van der Waals surface area contributed by atoms with Gasteiger partial charge in [-0.2, -0.15) is 0 Å². The maximum Gasteiger partial charge on any atom is 0.336 e. The molecular weight excluding hydrogens is 180 g/mol. The maximum atomic E-state index is 10.5. The molecule has 0 aliphatic heterocycles. The second-order valence-corrected chi connectivity index (χ2v) is 2.70. The Labute approximate surface area is 74.2 Å². The van der Waals surface area contributed by atoms with Crippen LogP contribution in [0.2, 0.25) is 5.02 Å². The fraction of sp³-hybridized carbons (Fsp3) is 0.125. The van der Waals surface area contributed by atoms with Crippen molar-refractivity contribution in [1.82, 2.24) is 0 Å². The molecule has 0 aliphatic rings. The van der Waals surface area contributed by atoms with Gasteiger partial charge >= 0.3 is 5.97 Å². The molecule has 0 radical (unpaired) electrons. The van der Waals surface area contributed by atoms with Crippen LogP contribution >= 0.6 is 11.6 Å². The van der Waals surface area contributed by atoms with Gasteiger partial charge in [-0.25, -0.2) is 4.79 Å². The summed E-state index contributed by atoms with van der Waals surface area (Å²) in [5, 5.41) is 17.8. The highest BCUT2D eigenvalue weighted by molar-refractivity contribution is 6.30. The quantitative estimate of drug-likeness (QED) is 0.737. The summed E-state index contributed by atoms with van der Waals surface area (Å²) in [6, 6.07) is 4.28. The lowest BCUT2D eigenvalue weighted by Crippen LogP contribution is -2.01. The van der Waals surface area contributed by atoms with Crippen LogP contribution in [-0.4, -0.2) is 16.2 Å².